The fraction of sp³-hybridized carbons (Fsp3) is 0.333. The molecule has 3 heterocycles. The molecular formula is C24H28N6O2. The minimum Gasteiger partial charge on any atom is -0.348 e. The maximum Gasteiger partial charge on any atom is 0.319 e. The summed E-state index contributed by atoms with van der Waals surface area (Å²) in [5.41, 5.74) is 2.93. The van der Waals surface area contributed by atoms with Crippen molar-refractivity contribution in [2.24, 2.45) is 0 Å². The van der Waals surface area contributed by atoms with Crippen LogP contribution in [-0.2, 0) is 0 Å². The molecular weight excluding hydrogens is 404 g/mol. The van der Waals surface area contributed by atoms with Crippen LogP contribution in [-0.4, -0.2) is 59.0 Å². The fourth-order valence-corrected chi connectivity index (χ4v) is 3.96. The molecule has 4 rings (SSSR count). The molecule has 1 fully saturated rings. The summed E-state index contributed by atoms with van der Waals surface area (Å²) in [6.07, 6.45) is 3.39. The summed E-state index contributed by atoms with van der Waals surface area (Å²) in [4.78, 5) is 35.5. The maximum absolute atomic E-state index is 12.4. The molecule has 0 aliphatic carbocycles. The molecule has 1 aliphatic heterocycles. The summed E-state index contributed by atoms with van der Waals surface area (Å²) in [6.45, 7) is 5.00. The van der Waals surface area contributed by atoms with E-state index in [1.54, 1.807) is 18.3 Å². The number of aromatic nitrogens is 2. The molecule has 3 amide bonds. The summed E-state index contributed by atoms with van der Waals surface area (Å²) in [7, 11) is 0. The van der Waals surface area contributed by atoms with E-state index in [9.17, 15) is 9.59 Å². The van der Waals surface area contributed by atoms with Gasteiger partial charge >= 0.3 is 6.03 Å². The molecule has 1 aliphatic rings. The van der Waals surface area contributed by atoms with Crippen molar-refractivity contribution in [2.45, 2.75) is 25.8 Å². The number of nitrogens with one attached hydrogen (secondary N) is 3. The fourth-order valence-electron chi connectivity index (χ4n) is 3.96. The number of piperidine rings is 1. The van der Waals surface area contributed by atoms with E-state index in [2.05, 4.69) is 30.8 Å². The monoisotopic (exact) mass is 432 g/mol. The van der Waals surface area contributed by atoms with Crippen molar-refractivity contribution in [2.75, 3.05) is 31.5 Å². The van der Waals surface area contributed by atoms with Crippen molar-refractivity contribution in [3.05, 3.63) is 66.1 Å². The van der Waals surface area contributed by atoms with Crippen LogP contribution in [0.2, 0.25) is 0 Å². The number of anilines is 1. The van der Waals surface area contributed by atoms with E-state index in [0.29, 0.717) is 12.2 Å². The average Bonchev–Trinajstić information content (AvgIpc) is 2.80. The van der Waals surface area contributed by atoms with Gasteiger partial charge in [0.15, 0.2) is 0 Å². The molecule has 2 aromatic heterocycles. The summed E-state index contributed by atoms with van der Waals surface area (Å²) in [6, 6.07) is 14.9. The molecule has 0 bridgehead atoms. The predicted octanol–water partition coefficient (Wildman–Crippen LogP) is 2.95. The van der Waals surface area contributed by atoms with E-state index in [-0.39, 0.29) is 18.0 Å². The van der Waals surface area contributed by atoms with Gasteiger partial charge in [0, 0.05) is 49.5 Å². The molecule has 0 spiro atoms. The highest BCUT2D eigenvalue weighted by molar-refractivity contribution is 6.00. The molecule has 1 saturated heterocycles. The minimum absolute atomic E-state index is 0.124. The molecule has 3 aromatic rings. The number of pyridine rings is 2. The van der Waals surface area contributed by atoms with E-state index in [4.69, 9.17) is 0 Å². The van der Waals surface area contributed by atoms with Crippen LogP contribution < -0.4 is 16.0 Å². The molecule has 3 N–H and O–H groups in total. The third-order valence-corrected chi connectivity index (χ3v) is 5.63. The standard InChI is InChI=1S/C24H28N6O2/c1-17-16-22(19-6-2-3-7-20(19)27-17)29-24(32)26-12-15-30-13-9-18(10-14-30)28-23(31)21-8-4-5-11-25-21/h2-8,11,16,18H,9-10,12-15H2,1H3,(H,28,31)(H2,26,27,29,32). The van der Waals surface area contributed by atoms with E-state index in [1.807, 2.05) is 43.3 Å². The van der Waals surface area contributed by atoms with Gasteiger partial charge in [-0.3, -0.25) is 14.8 Å². The van der Waals surface area contributed by atoms with Crippen LogP contribution in [0.25, 0.3) is 10.9 Å². The number of carbonyl (C=O) groups excluding carboxylic acids is 2. The first-order valence-corrected chi connectivity index (χ1v) is 10.9. The Labute approximate surface area is 187 Å². The number of hydrogen-bond acceptors (Lipinski definition) is 5. The number of fused-ring (bicyclic) bond motifs is 1. The van der Waals surface area contributed by atoms with Crippen LogP contribution in [0, 0.1) is 6.92 Å². The Kier molecular flexibility index (Phi) is 6.91. The molecule has 0 saturated carbocycles. The van der Waals surface area contributed by atoms with Gasteiger partial charge in [0.25, 0.3) is 5.91 Å². The number of para-hydroxylation sites is 1. The maximum atomic E-state index is 12.4. The van der Waals surface area contributed by atoms with Gasteiger partial charge in [-0.2, -0.15) is 0 Å². The highest BCUT2D eigenvalue weighted by Crippen LogP contribution is 2.22. The number of aryl methyl sites for hydroxylation is 1. The summed E-state index contributed by atoms with van der Waals surface area (Å²) >= 11 is 0. The third-order valence-electron chi connectivity index (χ3n) is 5.63. The van der Waals surface area contributed by atoms with Crippen molar-refractivity contribution < 1.29 is 9.59 Å². The highest BCUT2D eigenvalue weighted by Gasteiger charge is 2.21. The van der Waals surface area contributed by atoms with E-state index >= 15 is 0 Å². The van der Waals surface area contributed by atoms with Crippen molar-refractivity contribution in [3.8, 4) is 0 Å². The number of hydrogen-bond donors (Lipinski definition) is 3. The molecule has 8 nitrogen and oxygen atoms in total. The minimum atomic E-state index is -0.224. The van der Waals surface area contributed by atoms with Crippen LogP contribution in [0.3, 0.4) is 0 Å². The Morgan fingerprint density at radius 2 is 1.88 bits per heavy atom. The zero-order chi connectivity index (χ0) is 22.3. The Balaban J connectivity index is 1.19. The molecule has 0 unspecified atom stereocenters. The lowest BCUT2D eigenvalue weighted by Crippen LogP contribution is -2.46. The quantitative estimate of drug-likeness (QED) is 0.556. The van der Waals surface area contributed by atoms with Gasteiger partial charge in [0.2, 0.25) is 0 Å². The first kappa shape index (κ1) is 21.7. The number of urea groups is 1. The van der Waals surface area contributed by atoms with Crippen molar-refractivity contribution in [1.29, 1.82) is 0 Å². The predicted molar refractivity (Wildman–Crippen MR) is 125 cm³/mol. The van der Waals surface area contributed by atoms with Gasteiger partial charge in [-0.1, -0.05) is 24.3 Å². The lowest BCUT2D eigenvalue weighted by molar-refractivity contribution is 0.0906. The summed E-state index contributed by atoms with van der Waals surface area (Å²) in [5, 5.41) is 9.87. The zero-order valence-corrected chi connectivity index (χ0v) is 18.2. The average molecular weight is 433 g/mol. The number of carbonyl (C=O) groups is 2. The van der Waals surface area contributed by atoms with Gasteiger partial charge < -0.3 is 20.9 Å². The topological polar surface area (TPSA) is 99.2 Å². The van der Waals surface area contributed by atoms with E-state index < -0.39 is 0 Å². The largest absolute Gasteiger partial charge is 0.348 e. The Bertz CT molecular complexity index is 1080. The van der Waals surface area contributed by atoms with Crippen LogP contribution in [0.4, 0.5) is 10.5 Å². The molecule has 1 aromatic carbocycles. The van der Waals surface area contributed by atoms with Crippen LogP contribution >= 0.6 is 0 Å². The summed E-state index contributed by atoms with van der Waals surface area (Å²) < 4.78 is 0. The third kappa shape index (κ3) is 5.59. The molecule has 0 radical (unpaired) electrons. The highest BCUT2D eigenvalue weighted by atomic mass is 16.2. The first-order valence-electron chi connectivity index (χ1n) is 10.9. The normalized spacial score (nSPS) is 14.8. The van der Waals surface area contributed by atoms with Crippen LogP contribution in [0.15, 0.2) is 54.7 Å². The number of amides is 3. The Morgan fingerprint density at radius 3 is 2.66 bits per heavy atom. The van der Waals surface area contributed by atoms with Crippen molar-refractivity contribution in [3.63, 3.8) is 0 Å². The van der Waals surface area contributed by atoms with E-state index in [1.165, 1.54) is 0 Å². The second kappa shape index (κ2) is 10.2. The van der Waals surface area contributed by atoms with Crippen molar-refractivity contribution in [1.82, 2.24) is 25.5 Å². The van der Waals surface area contributed by atoms with Crippen LogP contribution in [0.5, 0.6) is 0 Å². The van der Waals surface area contributed by atoms with Crippen LogP contribution in [0.1, 0.15) is 29.0 Å². The smallest absolute Gasteiger partial charge is 0.319 e. The Morgan fingerprint density at radius 1 is 1.09 bits per heavy atom. The van der Waals surface area contributed by atoms with Crippen molar-refractivity contribution >= 4 is 28.5 Å². The number of rotatable bonds is 6. The molecule has 0 atom stereocenters. The molecule has 166 valence electrons. The molecule has 8 heteroatoms. The van der Waals surface area contributed by atoms with Gasteiger partial charge in [0.05, 0.1) is 11.2 Å². The lowest BCUT2D eigenvalue weighted by atomic mass is 10.0. The molecule has 32 heavy (non-hydrogen) atoms. The second-order valence-corrected chi connectivity index (χ2v) is 8.01. The van der Waals surface area contributed by atoms with Gasteiger partial charge in [-0.05, 0) is 44.0 Å². The van der Waals surface area contributed by atoms with Gasteiger partial charge in [-0.15, -0.1) is 0 Å². The zero-order valence-electron chi connectivity index (χ0n) is 18.2. The second-order valence-electron chi connectivity index (χ2n) is 8.01. The van der Waals surface area contributed by atoms with Gasteiger partial charge in [-0.25, -0.2) is 4.79 Å². The lowest BCUT2D eigenvalue weighted by Gasteiger charge is -2.32. The number of benzene rings is 1. The van der Waals surface area contributed by atoms with Gasteiger partial charge in [0.1, 0.15) is 5.69 Å². The number of nitrogens with zero attached hydrogens (tertiary/aromatic N) is 3. The SMILES string of the molecule is Cc1cc(NC(=O)NCCN2CCC(NC(=O)c3ccccn3)CC2)c2ccccc2n1. The first-order chi connectivity index (χ1) is 15.6. The summed E-state index contributed by atoms with van der Waals surface area (Å²) in [5.74, 6) is -0.124. The van der Waals surface area contributed by atoms with E-state index in [0.717, 1.165) is 54.8 Å². The number of likely N-dealkylation sites (tertiary alicyclic amines) is 1. The Hall–Kier alpha value is -3.52.